The summed E-state index contributed by atoms with van der Waals surface area (Å²) < 4.78 is 0. The fraction of sp³-hybridized carbons (Fsp3) is 0. The van der Waals surface area contributed by atoms with Crippen LogP contribution in [0.1, 0.15) is 10.4 Å². The van der Waals surface area contributed by atoms with Gasteiger partial charge in [-0.3, -0.25) is 4.79 Å². The molecular formula is C9H9ClN2O. The highest BCUT2D eigenvalue weighted by Crippen LogP contribution is 2.13. The highest BCUT2D eigenvalue weighted by Gasteiger charge is 2.00. The van der Waals surface area contributed by atoms with Gasteiger partial charge in [-0.25, -0.2) is 0 Å². The lowest BCUT2D eigenvalue weighted by molar-refractivity contribution is 0.100. The van der Waals surface area contributed by atoms with Gasteiger partial charge in [0.15, 0.2) is 0 Å². The Balaban J connectivity index is 0.000000845. The van der Waals surface area contributed by atoms with Gasteiger partial charge in [0.05, 0.1) is 0 Å². The molecule has 0 aliphatic rings. The summed E-state index contributed by atoms with van der Waals surface area (Å²) in [5.74, 6) is -0.397. The van der Waals surface area contributed by atoms with Crippen LogP contribution in [0.3, 0.4) is 0 Å². The predicted octanol–water partition coefficient (Wildman–Crippen LogP) is 1.69. The number of nitrogens with two attached hydrogens (primary N) is 1. The Hall–Kier alpha value is -1.48. The molecule has 13 heavy (non-hydrogen) atoms. The van der Waals surface area contributed by atoms with Gasteiger partial charge in [-0.1, -0.05) is 6.07 Å². The molecule has 3 N–H and O–H groups in total. The van der Waals surface area contributed by atoms with E-state index in [0.717, 1.165) is 10.9 Å². The molecule has 2 aromatic rings. The van der Waals surface area contributed by atoms with Gasteiger partial charge in [-0.2, -0.15) is 0 Å². The van der Waals surface area contributed by atoms with E-state index >= 15 is 0 Å². The Morgan fingerprint density at radius 2 is 2.08 bits per heavy atom. The van der Waals surface area contributed by atoms with Gasteiger partial charge >= 0.3 is 0 Å². The zero-order chi connectivity index (χ0) is 8.55. The molecule has 0 saturated heterocycles. The fourth-order valence-corrected chi connectivity index (χ4v) is 1.20. The maximum atomic E-state index is 10.8. The molecule has 0 bridgehead atoms. The van der Waals surface area contributed by atoms with Crippen LogP contribution in [0.4, 0.5) is 0 Å². The highest BCUT2D eigenvalue weighted by molar-refractivity contribution is 5.96. The summed E-state index contributed by atoms with van der Waals surface area (Å²) in [6, 6.07) is 7.28. The van der Waals surface area contributed by atoms with Gasteiger partial charge in [0.25, 0.3) is 0 Å². The zero-order valence-corrected chi connectivity index (χ0v) is 7.60. The molecule has 0 saturated carbocycles. The van der Waals surface area contributed by atoms with Crippen LogP contribution in [0.15, 0.2) is 30.5 Å². The van der Waals surface area contributed by atoms with E-state index in [0.29, 0.717) is 5.56 Å². The van der Waals surface area contributed by atoms with Gasteiger partial charge in [0.2, 0.25) is 5.91 Å². The molecular weight excluding hydrogens is 188 g/mol. The quantitative estimate of drug-likeness (QED) is 0.717. The summed E-state index contributed by atoms with van der Waals surface area (Å²) in [6.45, 7) is 0. The first-order valence-electron chi connectivity index (χ1n) is 3.64. The standard InChI is InChI=1S/C9H8N2O.ClH/c10-9(12)7-2-1-6-3-4-11-8(6)5-7;/h1-5,11H,(H2,10,12);1H. The summed E-state index contributed by atoms with van der Waals surface area (Å²) in [5, 5.41) is 1.08. The third-order valence-corrected chi connectivity index (χ3v) is 1.84. The van der Waals surface area contributed by atoms with Crippen LogP contribution < -0.4 is 5.73 Å². The number of rotatable bonds is 1. The summed E-state index contributed by atoms with van der Waals surface area (Å²) in [7, 11) is 0. The number of primary amides is 1. The summed E-state index contributed by atoms with van der Waals surface area (Å²) in [5.41, 5.74) is 6.59. The molecule has 1 aromatic carbocycles. The van der Waals surface area contributed by atoms with Crippen LogP contribution in [0.5, 0.6) is 0 Å². The maximum Gasteiger partial charge on any atom is 0.248 e. The van der Waals surface area contributed by atoms with Crippen molar-refractivity contribution in [3.05, 3.63) is 36.0 Å². The predicted molar refractivity (Wildman–Crippen MR) is 54.1 cm³/mol. The second-order valence-corrected chi connectivity index (χ2v) is 2.64. The molecule has 4 heteroatoms. The van der Waals surface area contributed by atoms with Crippen molar-refractivity contribution in [2.75, 3.05) is 0 Å². The molecule has 0 atom stereocenters. The normalized spacial score (nSPS) is 9.54. The Morgan fingerprint density at radius 1 is 1.31 bits per heavy atom. The number of carbonyl (C=O) groups excluding carboxylic acids is 1. The number of fused-ring (bicyclic) bond motifs is 1. The molecule has 0 fully saturated rings. The lowest BCUT2D eigenvalue weighted by Gasteiger charge is -1.94. The zero-order valence-electron chi connectivity index (χ0n) is 6.78. The second kappa shape index (κ2) is 3.49. The molecule has 0 spiro atoms. The lowest BCUT2D eigenvalue weighted by atomic mass is 10.1. The Bertz CT molecular complexity index is 436. The minimum Gasteiger partial charge on any atom is -0.366 e. The van der Waals surface area contributed by atoms with Crippen molar-refractivity contribution in [1.82, 2.24) is 4.98 Å². The van der Waals surface area contributed by atoms with Crippen molar-refractivity contribution in [3.8, 4) is 0 Å². The average Bonchev–Trinajstić information content (AvgIpc) is 2.49. The number of hydrogen-bond acceptors (Lipinski definition) is 1. The van der Waals surface area contributed by atoms with E-state index in [1.165, 1.54) is 0 Å². The largest absolute Gasteiger partial charge is 0.366 e. The monoisotopic (exact) mass is 196 g/mol. The topological polar surface area (TPSA) is 58.9 Å². The number of H-pyrrole nitrogens is 1. The lowest BCUT2D eigenvalue weighted by Crippen LogP contribution is -2.10. The Kier molecular flexibility index (Phi) is 2.58. The number of hydrogen-bond donors (Lipinski definition) is 2. The van der Waals surface area contributed by atoms with Crippen LogP contribution in [0.2, 0.25) is 0 Å². The molecule has 2 rings (SSSR count). The van der Waals surface area contributed by atoms with Crippen molar-refractivity contribution in [2.24, 2.45) is 5.73 Å². The van der Waals surface area contributed by atoms with Crippen molar-refractivity contribution in [1.29, 1.82) is 0 Å². The molecule has 1 amide bonds. The van der Waals surface area contributed by atoms with Gasteiger partial charge in [-0.05, 0) is 23.6 Å². The van der Waals surface area contributed by atoms with Crippen molar-refractivity contribution in [2.45, 2.75) is 0 Å². The van der Waals surface area contributed by atoms with Crippen molar-refractivity contribution >= 4 is 29.2 Å². The molecule has 0 radical (unpaired) electrons. The first kappa shape index (κ1) is 9.61. The van der Waals surface area contributed by atoms with Crippen LogP contribution in [0.25, 0.3) is 10.9 Å². The van der Waals surface area contributed by atoms with E-state index in [-0.39, 0.29) is 12.4 Å². The first-order valence-corrected chi connectivity index (χ1v) is 3.64. The molecule has 1 aromatic heterocycles. The number of halogens is 1. The van der Waals surface area contributed by atoms with Gasteiger partial charge in [0, 0.05) is 17.3 Å². The number of amides is 1. The summed E-state index contributed by atoms with van der Waals surface area (Å²) in [6.07, 6.45) is 1.83. The molecule has 0 aliphatic heterocycles. The molecule has 1 heterocycles. The molecule has 68 valence electrons. The summed E-state index contributed by atoms with van der Waals surface area (Å²) in [4.78, 5) is 13.8. The number of aromatic nitrogens is 1. The second-order valence-electron chi connectivity index (χ2n) is 2.64. The molecule has 0 unspecified atom stereocenters. The SMILES string of the molecule is Cl.NC(=O)c1ccc2cc[nH]c2c1. The molecule has 3 nitrogen and oxygen atoms in total. The van der Waals surface area contributed by atoms with E-state index < -0.39 is 5.91 Å². The van der Waals surface area contributed by atoms with E-state index in [2.05, 4.69) is 4.98 Å². The number of aromatic amines is 1. The Labute approximate surface area is 81.3 Å². The fourth-order valence-electron chi connectivity index (χ4n) is 1.20. The van der Waals surface area contributed by atoms with Crippen LogP contribution in [-0.4, -0.2) is 10.9 Å². The minimum atomic E-state index is -0.397. The number of carbonyl (C=O) groups is 1. The third-order valence-electron chi connectivity index (χ3n) is 1.84. The van der Waals surface area contributed by atoms with Crippen molar-refractivity contribution < 1.29 is 4.79 Å². The van der Waals surface area contributed by atoms with E-state index in [1.54, 1.807) is 12.1 Å². The van der Waals surface area contributed by atoms with Gasteiger partial charge in [0.1, 0.15) is 0 Å². The average molecular weight is 197 g/mol. The van der Waals surface area contributed by atoms with Crippen LogP contribution >= 0.6 is 12.4 Å². The minimum absolute atomic E-state index is 0. The summed E-state index contributed by atoms with van der Waals surface area (Å²) >= 11 is 0. The van der Waals surface area contributed by atoms with Gasteiger partial charge in [-0.15, -0.1) is 12.4 Å². The van der Waals surface area contributed by atoms with Crippen LogP contribution in [0, 0.1) is 0 Å². The number of nitrogens with one attached hydrogen (secondary N) is 1. The smallest absolute Gasteiger partial charge is 0.248 e. The highest BCUT2D eigenvalue weighted by atomic mass is 35.5. The number of benzene rings is 1. The molecule has 0 aliphatic carbocycles. The van der Waals surface area contributed by atoms with E-state index in [9.17, 15) is 4.79 Å². The van der Waals surface area contributed by atoms with Crippen molar-refractivity contribution in [3.63, 3.8) is 0 Å². The first-order chi connectivity index (χ1) is 5.77. The van der Waals surface area contributed by atoms with E-state index in [1.807, 2.05) is 18.3 Å². The maximum absolute atomic E-state index is 10.8. The van der Waals surface area contributed by atoms with Gasteiger partial charge < -0.3 is 10.7 Å². The van der Waals surface area contributed by atoms with E-state index in [4.69, 9.17) is 5.73 Å². The Morgan fingerprint density at radius 3 is 2.77 bits per heavy atom. The third kappa shape index (κ3) is 1.65. The van der Waals surface area contributed by atoms with Crippen LogP contribution in [-0.2, 0) is 0 Å².